The highest BCUT2D eigenvalue weighted by atomic mass is 15.0. The van der Waals surface area contributed by atoms with Crippen LogP contribution in [-0.4, -0.2) is 10.8 Å². The largest absolute Gasteiger partial charge is 0.387 e. The molecule has 0 amide bonds. The third-order valence-electron chi connectivity index (χ3n) is 2.21. The van der Waals surface area contributed by atoms with E-state index in [-0.39, 0.29) is 0 Å². The van der Waals surface area contributed by atoms with Crippen molar-refractivity contribution in [2.75, 3.05) is 0 Å². The van der Waals surface area contributed by atoms with Crippen molar-refractivity contribution >= 4 is 11.7 Å². The fourth-order valence-corrected chi connectivity index (χ4v) is 1.39. The number of aliphatic imine (C=N–C) groups is 1. The molecule has 0 spiro atoms. The maximum Gasteiger partial charge on any atom is 0.157 e. The van der Waals surface area contributed by atoms with E-state index in [9.17, 15) is 0 Å². The maximum atomic E-state index is 5.72. The van der Waals surface area contributed by atoms with Crippen molar-refractivity contribution in [3.8, 4) is 0 Å². The number of aryl methyl sites for hydroxylation is 2. The molecule has 3 nitrogen and oxygen atoms in total. The lowest BCUT2D eigenvalue weighted by atomic mass is 10.1. The summed E-state index contributed by atoms with van der Waals surface area (Å²) in [5, 5.41) is 0. The molecule has 3 heteroatoms. The Kier molecular flexibility index (Phi) is 4.28. The van der Waals surface area contributed by atoms with E-state index in [0.29, 0.717) is 5.84 Å². The highest BCUT2D eigenvalue weighted by molar-refractivity contribution is 5.82. The van der Waals surface area contributed by atoms with Gasteiger partial charge in [-0.2, -0.15) is 0 Å². The Balaban J connectivity index is 3.05. The van der Waals surface area contributed by atoms with Gasteiger partial charge in [0.25, 0.3) is 0 Å². The fourth-order valence-electron chi connectivity index (χ4n) is 1.39. The molecule has 0 fully saturated rings. The molecule has 1 rings (SSSR count). The third kappa shape index (κ3) is 3.35. The van der Waals surface area contributed by atoms with Crippen LogP contribution in [0.1, 0.15) is 37.8 Å². The van der Waals surface area contributed by atoms with Gasteiger partial charge in [-0.15, -0.1) is 0 Å². The van der Waals surface area contributed by atoms with Gasteiger partial charge in [0.15, 0.2) is 5.82 Å². The Morgan fingerprint density at radius 2 is 2.20 bits per heavy atom. The van der Waals surface area contributed by atoms with Gasteiger partial charge in [-0.1, -0.05) is 26.3 Å². The van der Waals surface area contributed by atoms with E-state index in [1.165, 1.54) is 11.1 Å². The minimum Gasteiger partial charge on any atom is -0.387 e. The summed E-state index contributed by atoms with van der Waals surface area (Å²) in [5.41, 5.74) is 8.08. The van der Waals surface area contributed by atoms with Gasteiger partial charge in [0.05, 0.1) is 0 Å². The van der Waals surface area contributed by atoms with E-state index in [4.69, 9.17) is 5.73 Å². The first kappa shape index (κ1) is 11.7. The molecule has 0 saturated heterocycles. The average Bonchev–Trinajstić information content (AvgIpc) is 2.22. The van der Waals surface area contributed by atoms with Crippen molar-refractivity contribution in [2.45, 2.75) is 40.0 Å². The number of nitrogens with two attached hydrogens (primary N) is 1. The van der Waals surface area contributed by atoms with Gasteiger partial charge >= 0.3 is 0 Å². The summed E-state index contributed by atoms with van der Waals surface area (Å²) in [6.07, 6.45) is 4.70. The SMILES string of the molecule is CCCc1cc(C)cnc1N=C(N)CC. The molecule has 0 aromatic carbocycles. The summed E-state index contributed by atoms with van der Waals surface area (Å²) < 4.78 is 0. The van der Waals surface area contributed by atoms with Crippen LogP contribution < -0.4 is 5.73 Å². The molecule has 15 heavy (non-hydrogen) atoms. The van der Waals surface area contributed by atoms with Gasteiger partial charge < -0.3 is 5.73 Å². The molecule has 82 valence electrons. The molecule has 0 aliphatic rings. The van der Waals surface area contributed by atoms with Gasteiger partial charge in [0, 0.05) is 12.6 Å². The van der Waals surface area contributed by atoms with Gasteiger partial charge in [-0.25, -0.2) is 9.98 Å². The first-order chi connectivity index (χ1) is 7.17. The number of pyridine rings is 1. The highest BCUT2D eigenvalue weighted by Gasteiger charge is 2.02. The van der Waals surface area contributed by atoms with Crippen LogP contribution in [0, 0.1) is 6.92 Å². The first-order valence-corrected chi connectivity index (χ1v) is 5.46. The van der Waals surface area contributed by atoms with Crippen molar-refractivity contribution in [1.82, 2.24) is 4.98 Å². The molecule has 0 saturated carbocycles. The van der Waals surface area contributed by atoms with Crippen molar-refractivity contribution < 1.29 is 0 Å². The second-order valence-electron chi connectivity index (χ2n) is 3.70. The van der Waals surface area contributed by atoms with Crippen LogP contribution in [0.25, 0.3) is 0 Å². The smallest absolute Gasteiger partial charge is 0.157 e. The van der Waals surface area contributed by atoms with E-state index in [0.717, 1.165) is 25.1 Å². The van der Waals surface area contributed by atoms with Crippen LogP contribution in [0.2, 0.25) is 0 Å². The third-order valence-corrected chi connectivity index (χ3v) is 2.21. The molecule has 0 aliphatic carbocycles. The summed E-state index contributed by atoms with van der Waals surface area (Å²) in [4.78, 5) is 8.64. The van der Waals surface area contributed by atoms with Crippen LogP contribution in [0.4, 0.5) is 5.82 Å². The Morgan fingerprint density at radius 1 is 1.47 bits per heavy atom. The topological polar surface area (TPSA) is 51.3 Å². The summed E-state index contributed by atoms with van der Waals surface area (Å²) in [7, 11) is 0. The predicted molar refractivity (Wildman–Crippen MR) is 64.5 cm³/mol. The van der Waals surface area contributed by atoms with Crippen LogP contribution in [-0.2, 0) is 6.42 Å². The highest BCUT2D eigenvalue weighted by Crippen LogP contribution is 2.18. The van der Waals surface area contributed by atoms with Crippen molar-refractivity contribution in [3.63, 3.8) is 0 Å². The van der Waals surface area contributed by atoms with Gasteiger partial charge in [0.1, 0.15) is 5.84 Å². The van der Waals surface area contributed by atoms with Crippen LogP contribution >= 0.6 is 0 Å². The molecule has 0 unspecified atom stereocenters. The summed E-state index contributed by atoms with van der Waals surface area (Å²) in [6, 6.07) is 2.14. The summed E-state index contributed by atoms with van der Waals surface area (Å²) in [5.74, 6) is 1.42. The molecular formula is C12H19N3. The lowest BCUT2D eigenvalue weighted by Gasteiger charge is -2.05. The zero-order valence-electron chi connectivity index (χ0n) is 9.75. The molecule has 2 N–H and O–H groups in total. The van der Waals surface area contributed by atoms with Crippen LogP contribution in [0.15, 0.2) is 17.3 Å². The quantitative estimate of drug-likeness (QED) is 0.607. The predicted octanol–water partition coefficient (Wildman–Crippen LogP) is 2.74. The first-order valence-electron chi connectivity index (χ1n) is 5.46. The molecule has 0 aliphatic heterocycles. The van der Waals surface area contributed by atoms with Crippen LogP contribution in [0.3, 0.4) is 0 Å². The van der Waals surface area contributed by atoms with Crippen molar-refractivity contribution in [1.29, 1.82) is 0 Å². The monoisotopic (exact) mass is 205 g/mol. The standard InChI is InChI=1S/C12H19N3/c1-4-6-10-7-9(3)8-14-12(10)15-11(13)5-2/h7-8H,4-6H2,1-3H3,(H2,13,14,15). The molecule has 1 heterocycles. The molecule has 1 aromatic rings. The van der Waals surface area contributed by atoms with E-state index in [2.05, 4.69) is 23.0 Å². The van der Waals surface area contributed by atoms with Crippen LogP contribution in [0.5, 0.6) is 0 Å². The number of aromatic nitrogens is 1. The zero-order valence-corrected chi connectivity index (χ0v) is 9.75. The van der Waals surface area contributed by atoms with E-state index >= 15 is 0 Å². The summed E-state index contributed by atoms with van der Waals surface area (Å²) in [6.45, 7) is 6.19. The lowest BCUT2D eigenvalue weighted by Crippen LogP contribution is -2.09. The average molecular weight is 205 g/mol. The fraction of sp³-hybridized carbons (Fsp3) is 0.500. The number of amidine groups is 1. The minimum absolute atomic E-state index is 0.642. The minimum atomic E-state index is 0.642. The van der Waals surface area contributed by atoms with E-state index < -0.39 is 0 Å². The molecule has 1 aromatic heterocycles. The Labute approximate surface area is 91.4 Å². The van der Waals surface area contributed by atoms with E-state index in [1.807, 2.05) is 20.0 Å². The van der Waals surface area contributed by atoms with Gasteiger partial charge in [-0.05, 0) is 24.5 Å². The molecular weight excluding hydrogens is 186 g/mol. The number of rotatable bonds is 4. The normalized spacial score (nSPS) is 11.8. The molecule has 0 radical (unpaired) electrons. The van der Waals surface area contributed by atoms with E-state index in [1.54, 1.807) is 0 Å². The van der Waals surface area contributed by atoms with Crippen molar-refractivity contribution in [3.05, 3.63) is 23.4 Å². The molecule has 0 bridgehead atoms. The number of hydrogen-bond acceptors (Lipinski definition) is 2. The van der Waals surface area contributed by atoms with Gasteiger partial charge in [-0.3, -0.25) is 0 Å². The molecule has 0 atom stereocenters. The Morgan fingerprint density at radius 3 is 2.80 bits per heavy atom. The summed E-state index contributed by atoms with van der Waals surface area (Å²) >= 11 is 0. The number of nitrogens with zero attached hydrogens (tertiary/aromatic N) is 2. The van der Waals surface area contributed by atoms with Gasteiger partial charge in [0.2, 0.25) is 0 Å². The Bertz CT molecular complexity index is 356. The number of hydrogen-bond donors (Lipinski definition) is 1. The Hall–Kier alpha value is -1.38. The van der Waals surface area contributed by atoms with Crippen molar-refractivity contribution in [2.24, 2.45) is 10.7 Å². The zero-order chi connectivity index (χ0) is 11.3. The maximum absolute atomic E-state index is 5.72. The lowest BCUT2D eigenvalue weighted by molar-refractivity contribution is 0.910. The second kappa shape index (κ2) is 5.49. The second-order valence-corrected chi connectivity index (χ2v) is 3.70.